The lowest BCUT2D eigenvalue weighted by atomic mass is 9.85. The molecule has 0 aliphatic carbocycles. The predicted octanol–water partition coefficient (Wildman–Crippen LogP) is 1.55. The molecule has 0 saturated carbocycles. The number of piperidine rings is 1. The summed E-state index contributed by atoms with van der Waals surface area (Å²) in [6.45, 7) is 6.06. The quantitative estimate of drug-likeness (QED) is 0.919. The van der Waals surface area contributed by atoms with Gasteiger partial charge >= 0.3 is 0 Å². The second kappa shape index (κ2) is 5.39. The van der Waals surface area contributed by atoms with Crippen LogP contribution in [0, 0.1) is 5.82 Å². The third-order valence-corrected chi connectivity index (χ3v) is 4.63. The maximum atomic E-state index is 12.9. The van der Waals surface area contributed by atoms with Gasteiger partial charge in [-0.3, -0.25) is 9.69 Å². The molecule has 114 valence electrons. The van der Waals surface area contributed by atoms with Gasteiger partial charge in [0.05, 0.1) is 0 Å². The molecular formula is C16H21FN2O2. The van der Waals surface area contributed by atoms with Crippen molar-refractivity contribution in [3.05, 3.63) is 35.6 Å². The standard InChI is InChI=1S/C16H21FN2O2/c1-10(2)18-8-13-7-14(9-18)19(13)16(21)15(20)11-3-5-12(17)6-4-11/h3-6,10,13-15,20H,7-9H2,1-2H3. The van der Waals surface area contributed by atoms with Gasteiger partial charge < -0.3 is 10.0 Å². The molecule has 3 heterocycles. The Morgan fingerprint density at radius 1 is 1.24 bits per heavy atom. The molecular weight excluding hydrogens is 271 g/mol. The van der Waals surface area contributed by atoms with E-state index in [1.807, 2.05) is 4.90 Å². The van der Waals surface area contributed by atoms with Crippen LogP contribution in [-0.2, 0) is 4.79 Å². The number of hydrogen-bond acceptors (Lipinski definition) is 3. The van der Waals surface area contributed by atoms with Gasteiger partial charge in [0, 0.05) is 31.2 Å². The smallest absolute Gasteiger partial charge is 0.256 e. The van der Waals surface area contributed by atoms with Gasteiger partial charge in [0.2, 0.25) is 0 Å². The predicted molar refractivity (Wildman–Crippen MR) is 77.1 cm³/mol. The Bertz CT molecular complexity index is 520. The number of piperazine rings is 1. The number of aliphatic hydroxyl groups excluding tert-OH is 1. The third-order valence-electron chi connectivity index (χ3n) is 4.63. The molecule has 1 N–H and O–H groups in total. The third kappa shape index (κ3) is 2.56. The molecule has 0 spiro atoms. The van der Waals surface area contributed by atoms with Gasteiger partial charge in [-0.2, -0.15) is 0 Å². The van der Waals surface area contributed by atoms with E-state index in [1.54, 1.807) is 0 Å². The molecule has 1 aromatic carbocycles. The van der Waals surface area contributed by atoms with Crippen molar-refractivity contribution in [2.24, 2.45) is 0 Å². The fourth-order valence-corrected chi connectivity index (χ4v) is 3.35. The lowest BCUT2D eigenvalue weighted by Crippen LogP contribution is -2.71. The van der Waals surface area contributed by atoms with E-state index in [4.69, 9.17) is 0 Å². The molecule has 3 atom stereocenters. The average molecular weight is 292 g/mol. The number of benzene rings is 1. The molecule has 3 aliphatic heterocycles. The molecule has 3 fully saturated rings. The van der Waals surface area contributed by atoms with Gasteiger partial charge in [0.1, 0.15) is 5.82 Å². The van der Waals surface area contributed by atoms with Crippen molar-refractivity contribution in [1.82, 2.24) is 9.80 Å². The highest BCUT2D eigenvalue weighted by molar-refractivity contribution is 5.83. The molecule has 5 heteroatoms. The molecule has 0 radical (unpaired) electrons. The molecule has 21 heavy (non-hydrogen) atoms. The van der Waals surface area contributed by atoms with Crippen molar-refractivity contribution in [1.29, 1.82) is 0 Å². The normalized spacial score (nSPS) is 26.6. The average Bonchev–Trinajstić information content (AvgIpc) is 2.47. The Labute approximate surface area is 124 Å². The number of halogens is 1. The van der Waals surface area contributed by atoms with Crippen LogP contribution in [0.2, 0.25) is 0 Å². The highest BCUT2D eigenvalue weighted by Crippen LogP contribution is 2.35. The molecule has 3 aliphatic rings. The van der Waals surface area contributed by atoms with Crippen LogP contribution in [0.3, 0.4) is 0 Å². The molecule has 2 bridgehead atoms. The summed E-state index contributed by atoms with van der Waals surface area (Å²) in [7, 11) is 0. The highest BCUT2D eigenvalue weighted by atomic mass is 19.1. The molecule has 1 aromatic rings. The van der Waals surface area contributed by atoms with Gasteiger partial charge in [-0.15, -0.1) is 0 Å². The first-order chi connectivity index (χ1) is 9.97. The van der Waals surface area contributed by atoms with Gasteiger partial charge in [-0.1, -0.05) is 12.1 Å². The van der Waals surface area contributed by atoms with E-state index >= 15 is 0 Å². The second-order valence-electron chi connectivity index (χ2n) is 6.29. The van der Waals surface area contributed by atoms with Crippen LogP contribution in [0.5, 0.6) is 0 Å². The van der Waals surface area contributed by atoms with Crippen molar-refractivity contribution in [2.75, 3.05) is 13.1 Å². The van der Waals surface area contributed by atoms with Crippen molar-refractivity contribution < 1.29 is 14.3 Å². The summed E-state index contributed by atoms with van der Waals surface area (Å²) in [5.74, 6) is -0.627. The summed E-state index contributed by atoms with van der Waals surface area (Å²) >= 11 is 0. The highest BCUT2D eigenvalue weighted by Gasteiger charge is 2.48. The van der Waals surface area contributed by atoms with Crippen molar-refractivity contribution in [2.45, 2.75) is 44.5 Å². The van der Waals surface area contributed by atoms with E-state index in [0.29, 0.717) is 11.6 Å². The molecule has 3 unspecified atom stereocenters. The Morgan fingerprint density at radius 2 is 1.81 bits per heavy atom. The zero-order chi connectivity index (χ0) is 15.1. The fraction of sp³-hybridized carbons (Fsp3) is 0.562. The molecule has 3 saturated heterocycles. The topological polar surface area (TPSA) is 43.8 Å². The maximum Gasteiger partial charge on any atom is 0.256 e. The van der Waals surface area contributed by atoms with Gasteiger partial charge in [0.15, 0.2) is 6.10 Å². The summed E-state index contributed by atoms with van der Waals surface area (Å²) < 4.78 is 12.9. The van der Waals surface area contributed by atoms with Gasteiger partial charge in [-0.05, 0) is 38.0 Å². The Morgan fingerprint density at radius 3 is 2.33 bits per heavy atom. The minimum Gasteiger partial charge on any atom is -0.378 e. The Hall–Kier alpha value is -1.46. The number of rotatable bonds is 3. The first-order valence-corrected chi connectivity index (χ1v) is 7.47. The number of carbonyl (C=O) groups excluding carboxylic acids is 1. The number of hydrogen-bond donors (Lipinski definition) is 1. The van der Waals surface area contributed by atoms with Gasteiger partial charge in [0.25, 0.3) is 5.91 Å². The van der Waals surface area contributed by atoms with Crippen molar-refractivity contribution in [3.63, 3.8) is 0 Å². The largest absolute Gasteiger partial charge is 0.378 e. The van der Waals surface area contributed by atoms with Crippen LogP contribution in [-0.4, -0.2) is 52.0 Å². The number of fused-ring (bicyclic) bond motifs is 2. The van der Waals surface area contributed by atoms with Crippen LogP contribution in [0.4, 0.5) is 4.39 Å². The summed E-state index contributed by atoms with van der Waals surface area (Å²) in [6, 6.07) is 6.35. The van der Waals surface area contributed by atoms with E-state index in [1.165, 1.54) is 24.3 Å². The minimum absolute atomic E-state index is 0.203. The Balaban J connectivity index is 1.68. The Kier molecular flexibility index (Phi) is 3.71. The van der Waals surface area contributed by atoms with Gasteiger partial charge in [-0.25, -0.2) is 4.39 Å². The second-order valence-corrected chi connectivity index (χ2v) is 6.29. The van der Waals surface area contributed by atoms with E-state index < -0.39 is 6.10 Å². The number of aliphatic hydroxyl groups is 1. The van der Waals surface area contributed by atoms with E-state index in [0.717, 1.165) is 19.5 Å². The zero-order valence-electron chi connectivity index (χ0n) is 12.4. The fourth-order valence-electron chi connectivity index (χ4n) is 3.35. The summed E-state index contributed by atoms with van der Waals surface area (Å²) in [5, 5.41) is 10.2. The van der Waals surface area contributed by atoms with E-state index in [9.17, 15) is 14.3 Å². The summed E-state index contributed by atoms with van der Waals surface area (Å²) in [6.07, 6.45) is -0.174. The van der Waals surface area contributed by atoms with Crippen molar-refractivity contribution in [3.8, 4) is 0 Å². The maximum absolute atomic E-state index is 12.9. The van der Waals surface area contributed by atoms with Crippen molar-refractivity contribution >= 4 is 5.91 Å². The number of nitrogens with zero attached hydrogens (tertiary/aromatic N) is 2. The lowest BCUT2D eigenvalue weighted by Gasteiger charge is -2.57. The first-order valence-electron chi connectivity index (χ1n) is 7.47. The first kappa shape index (κ1) is 14.5. The van der Waals surface area contributed by atoms with Crippen LogP contribution in [0.25, 0.3) is 0 Å². The van der Waals surface area contributed by atoms with Crippen LogP contribution >= 0.6 is 0 Å². The van der Waals surface area contributed by atoms with E-state index in [2.05, 4.69) is 18.7 Å². The van der Waals surface area contributed by atoms with Crippen LogP contribution < -0.4 is 0 Å². The number of carbonyl (C=O) groups is 1. The molecule has 1 amide bonds. The van der Waals surface area contributed by atoms with Crippen LogP contribution in [0.15, 0.2) is 24.3 Å². The minimum atomic E-state index is -1.19. The SMILES string of the molecule is CC(C)N1CC2CC(C1)N2C(=O)C(O)c1ccc(F)cc1. The number of amides is 1. The summed E-state index contributed by atoms with van der Waals surface area (Å²) in [4.78, 5) is 16.6. The molecule has 4 rings (SSSR count). The monoisotopic (exact) mass is 292 g/mol. The van der Waals surface area contributed by atoms with Crippen LogP contribution in [0.1, 0.15) is 31.9 Å². The summed E-state index contributed by atoms with van der Waals surface area (Å²) in [5.41, 5.74) is 0.451. The molecule has 0 aromatic heterocycles. The molecule has 4 nitrogen and oxygen atoms in total. The zero-order valence-corrected chi connectivity index (χ0v) is 12.4. The van der Waals surface area contributed by atoms with E-state index in [-0.39, 0.29) is 23.8 Å². The lowest BCUT2D eigenvalue weighted by molar-refractivity contribution is -0.164.